The number of amides is 4. The predicted octanol–water partition coefficient (Wildman–Crippen LogP) is 11.7. The summed E-state index contributed by atoms with van der Waals surface area (Å²) in [6, 6.07) is 57.2. The number of hydrogen-bond acceptors (Lipinski definition) is 26. The third kappa shape index (κ3) is 22.1. The lowest BCUT2D eigenvalue weighted by Gasteiger charge is -2.32. The average Bonchev–Trinajstić information content (AvgIpc) is 1.60. The number of nitrogen functional groups attached to an aromatic ring is 4. The molecule has 4 amide bonds. The molecule has 8 aromatic heterocycles. The second kappa shape index (κ2) is 43.4. The fourth-order valence-corrected chi connectivity index (χ4v) is 18.1. The Bertz CT molecular complexity index is 7420. The van der Waals surface area contributed by atoms with Crippen molar-refractivity contribution >= 4 is 90.5 Å². The van der Waals surface area contributed by atoms with E-state index in [-0.39, 0.29) is 87.8 Å². The van der Waals surface area contributed by atoms with Crippen molar-refractivity contribution in [2.45, 2.75) is 101 Å². The number of anilines is 4. The lowest BCUT2D eigenvalue weighted by Crippen LogP contribution is -2.40. The predicted molar refractivity (Wildman–Crippen MR) is 545 cm³/mol. The van der Waals surface area contributed by atoms with Crippen LogP contribution in [0.2, 0.25) is 0 Å². The van der Waals surface area contributed by atoms with Gasteiger partial charge in [-0.2, -0.15) is 40.8 Å². The summed E-state index contributed by atoms with van der Waals surface area (Å²) in [4.78, 5) is 112. The van der Waals surface area contributed by atoms with Crippen molar-refractivity contribution in [3.63, 3.8) is 0 Å². The molecule has 7 aromatic carbocycles. The van der Waals surface area contributed by atoms with E-state index >= 15 is 0 Å². The normalized spacial score (nSPS) is 15.9. The van der Waals surface area contributed by atoms with Crippen molar-refractivity contribution in [2.24, 2.45) is 0 Å². The van der Waals surface area contributed by atoms with E-state index in [1.165, 1.54) is 23.3 Å². The highest BCUT2D eigenvalue weighted by molar-refractivity contribution is 6.03. The number of aromatic amines is 4. The maximum absolute atomic E-state index is 13.0. The van der Waals surface area contributed by atoms with E-state index in [9.17, 15) is 38.4 Å². The smallest absolute Gasteiger partial charge is 0.290 e. The Morgan fingerprint density at radius 2 is 0.718 bits per heavy atom. The number of para-hydroxylation sites is 2. The molecule has 20 rings (SSSR count). The van der Waals surface area contributed by atoms with E-state index in [1.807, 2.05) is 213 Å². The maximum atomic E-state index is 13.0. The number of carbonyl (C=O) groups excluding carboxylic acids is 4. The lowest BCUT2D eigenvalue weighted by atomic mass is 10.1. The van der Waals surface area contributed by atoms with Crippen LogP contribution in [-0.4, -0.2) is 239 Å². The molecule has 0 bridgehead atoms. The third-order valence-corrected chi connectivity index (χ3v) is 25.3. The van der Waals surface area contributed by atoms with Crippen molar-refractivity contribution in [2.75, 3.05) is 117 Å². The van der Waals surface area contributed by atoms with Gasteiger partial charge in [-0.3, -0.25) is 57.1 Å². The number of hydrogen-bond donors (Lipinski definition) is 8. The minimum atomic E-state index is -0.401. The Balaban J connectivity index is 0.000000131. The van der Waals surface area contributed by atoms with Gasteiger partial charge in [0.05, 0.1) is 52.3 Å². The molecule has 38 nitrogen and oxygen atoms in total. The van der Waals surface area contributed by atoms with E-state index in [0.29, 0.717) is 149 Å². The quantitative estimate of drug-likeness (QED) is 0.0233. The molecule has 4 fully saturated rings. The molecule has 3 unspecified atom stereocenters. The molecule has 15 aromatic rings. The zero-order chi connectivity index (χ0) is 99.4. The summed E-state index contributed by atoms with van der Waals surface area (Å²) < 4.78 is 30.6. The number of likely N-dealkylation sites (N-methyl/N-ethyl adjacent to an activating group) is 3. The van der Waals surface area contributed by atoms with Crippen LogP contribution in [-0.2, 0) is 38.6 Å². The van der Waals surface area contributed by atoms with E-state index in [0.717, 1.165) is 109 Å². The fourth-order valence-electron chi connectivity index (χ4n) is 18.1. The van der Waals surface area contributed by atoms with Gasteiger partial charge in [-0.25, -0.2) is 20.4 Å². The Labute approximate surface area is 815 Å². The van der Waals surface area contributed by atoms with Crippen LogP contribution in [0.15, 0.2) is 251 Å². The summed E-state index contributed by atoms with van der Waals surface area (Å²) in [7, 11) is 9.48. The van der Waals surface area contributed by atoms with Crippen molar-refractivity contribution < 1.29 is 38.1 Å². The summed E-state index contributed by atoms with van der Waals surface area (Å²) in [6.45, 7) is 12.5. The molecule has 3 saturated heterocycles. The molecule has 38 heteroatoms. The van der Waals surface area contributed by atoms with Gasteiger partial charge in [0, 0.05) is 113 Å². The van der Waals surface area contributed by atoms with Crippen molar-refractivity contribution in [1.82, 2.24) is 109 Å². The number of carbonyl (C=O) groups is 4. The van der Waals surface area contributed by atoms with Gasteiger partial charge in [0.1, 0.15) is 85.4 Å². The molecule has 12 N–H and O–H groups in total. The van der Waals surface area contributed by atoms with E-state index in [1.54, 1.807) is 52.6 Å². The minimum absolute atomic E-state index is 0.0441. The highest BCUT2D eigenvalue weighted by Crippen LogP contribution is 2.41. The Kier molecular flexibility index (Phi) is 29.6. The molecule has 0 spiro atoms. The van der Waals surface area contributed by atoms with Gasteiger partial charge in [0.25, 0.3) is 22.2 Å². The molecule has 142 heavy (non-hydrogen) atoms. The average molecular weight is 1920 g/mol. The first-order valence-corrected chi connectivity index (χ1v) is 47.1. The molecule has 2 aliphatic carbocycles. The summed E-state index contributed by atoms with van der Waals surface area (Å²) in [5.74, 6) is 4.76. The van der Waals surface area contributed by atoms with Crippen LogP contribution in [0.4, 0.5) is 23.3 Å². The second-order valence-corrected chi connectivity index (χ2v) is 36.0. The number of ether oxygens (including phenoxy) is 4. The molecule has 5 aliphatic rings. The Hall–Kier alpha value is -16.9. The summed E-state index contributed by atoms with van der Waals surface area (Å²) in [5.41, 5.74) is 32.9. The standard InChI is InChI=1S/C28H31N7O3.C28H28N6O3.C26H29N7O3.C22H24N6O3/c1-33(2)16-7-11-23(36)34-17-6-8-20(18-34)35-26-24(27(29)30-31-28(26)37)25(32-35)19-12-14-22(15-13-19)38-21-9-4-3-5-10-21;1-2-23(35)33-13-5-8-20(16-33)34-26-24(27(29)30-31-28(26)36)25(32-34)17-9-11-21(12-10-17)37-22-14-18-6-3-4-7-19(18)15-22;1-31(2)15-7-10-21(34)32(3)16-17-33-24-22(25(27)28-29-26(24)35)23(30-33)18-11-13-20(14-12-18)36-19-8-5-4-6-9-19;1-2-17(29)27-11-3-4-14(12-27)28-20-18(21(23)24-25-22(20)30)19(26-28)13-5-7-15(8-6-13)31-16-9-10-16/h3-5,7,9-15,20H,6,8,16-18H2,1-2H3,(H2,29,30)(H,31,37);2-4,6-7,9-12,20,22H,1,5,8,13-16H2,(H2,29,30)(H,31,36);4-14H,15-17H2,1-3H3,(H2,27,28)(H,29,35);2,5-8,14,16H,1,3-4,9-12H2,(H2,23,24)(H,25,30)/b11-7+;;10-7+;. The number of rotatable bonds is 26. The Morgan fingerprint density at radius 3 is 1.08 bits per heavy atom. The SMILES string of the molecule is C=CC(=O)N1CCCC(n2nc(-c3ccc(OC4CC4)cc3)c3c(N)n[nH]c(=O)c32)C1.C=CC(=O)N1CCCC(n2nc(-c3ccc(OC4Cc5ccccc5C4)cc3)c3c(N)n[nH]c(=O)c32)C1.CN(C)C/C=C/C(=O)N(C)CCn1nc(-c2ccc(Oc3ccccc3)cc2)c2c(N)n[nH]c(=O)c21.CN(C)C/C=C/C(=O)N1CCCC(n2nc(-c3ccc(Oc4ccccc4)cc3)c3c(N)n[nH]c(=O)c32)C1. The van der Waals surface area contributed by atoms with Crippen LogP contribution in [0, 0.1) is 0 Å². The first-order chi connectivity index (χ1) is 68.8. The molecule has 0 radical (unpaired) electrons. The van der Waals surface area contributed by atoms with Gasteiger partial charge in [-0.05, 0) is 224 Å². The number of likely N-dealkylation sites (tertiary alicyclic amines) is 3. The van der Waals surface area contributed by atoms with Gasteiger partial charge >= 0.3 is 0 Å². The number of fused-ring (bicyclic) bond motifs is 5. The first kappa shape index (κ1) is 96.8. The molecular weight excluding hydrogens is 1810 g/mol. The number of nitrogens with one attached hydrogen (secondary N) is 4. The fraction of sp³-hybridized carbons (Fsp3) is 0.288. The molecule has 3 aliphatic heterocycles. The molecule has 730 valence electrons. The van der Waals surface area contributed by atoms with Gasteiger partial charge in [0.2, 0.25) is 23.6 Å². The second-order valence-electron chi connectivity index (χ2n) is 36.0. The topological polar surface area (TPSA) is 483 Å². The number of benzene rings is 7. The zero-order valence-corrected chi connectivity index (χ0v) is 79.5. The first-order valence-electron chi connectivity index (χ1n) is 47.1. The maximum Gasteiger partial charge on any atom is 0.290 e. The zero-order valence-electron chi connectivity index (χ0n) is 79.5. The molecule has 1 saturated carbocycles. The van der Waals surface area contributed by atoms with Crippen molar-refractivity contribution in [1.29, 1.82) is 0 Å². The number of nitrogens with zero attached hydrogens (tertiary/aromatic N) is 18. The summed E-state index contributed by atoms with van der Waals surface area (Å²) in [5, 5.41) is 47.0. The third-order valence-electron chi connectivity index (χ3n) is 25.3. The molecule has 11 heterocycles. The minimum Gasteiger partial charge on any atom is -0.490 e. The summed E-state index contributed by atoms with van der Waals surface area (Å²) >= 11 is 0. The number of H-pyrrole nitrogens is 4. The monoisotopic (exact) mass is 1920 g/mol. The van der Waals surface area contributed by atoms with E-state index < -0.39 is 5.56 Å². The van der Waals surface area contributed by atoms with Crippen molar-refractivity contribution in [3.05, 3.63) is 284 Å². The Morgan fingerprint density at radius 1 is 0.394 bits per heavy atom. The molecular formula is C104H112N26O12. The summed E-state index contributed by atoms with van der Waals surface area (Å²) in [6.07, 6.45) is 18.6. The van der Waals surface area contributed by atoms with Gasteiger partial charge < -0.3 is 71.3 Å². The van der Waals surface area contributed by atoms with Crippen LogP contribution in [0.3, 0.4) is 0 Å². The molecule has 3 atom stereocenters. The van der Waals surface area contributed by atoms with Gasteiger partial charge in [-0.1, -0.05) is 86.0 Å². The van der Waals surface area contributed by atoms with Gasteiger partial charge in [0.15, 0.2) is 23.3 Å². The number of nitrogens with two attached hydrogens (primary N) is 4. The van der Waals surface area contributed by atoms with E-state index in [4.69, 9.17) is 57.2 Å². The van der Waals surface area contributed by atoms with E-state index in [2.05, 4.69) is 83.3 Å². The van der Waals surface area contributed by atoms with Crippen LogP contribution >= 0.6 is 0 Å². The highest BCUT2D eigenvalue weighted by atomic mass is 16.5. The van der Waals surface area contributed by atoms with Crippen LogP contribution in [0.5, 0.6) is 34.5 Å². The number of piperidine rings is 3. The number of aromatic nitrogens is 16. The van der Waals surface area contributed by atoms with Crippen LogP contribution < -0.4 is 64.1 Å². The van der Waals surface area contributed by atoms with Gasteiger partial charge in [-0.15, -0.1) is 0 Å². The van der Waals surface area contributed by atoms with Crippen LogP contribution in [0.25, 0.3) is 88.6 Å². The lowest BCUT2D eigenvalue weighted by molar-refractivity contribution is -0.128. The highest BCUT2D eigenvalue weighted by Gasteiger charge is 2.35. The van der Waals surface area contributed by atoms with Crippen molar-refractivity contribution in [3.8, 4) is 79.5 Å². The largest absolute Gasteiger partial charge is 0.490 e. The van der Waals surface area contributed by atoms with Crippen LogP contribution in [0.1, 0.15) is 80.6 Å².